The molecule has 0 radical (unpaired) electrons. The van der Waals surface area contributed by atoms with E-state index in [1.807, 2.05) is 0 Å². The summed E-state index contributed by atoms with van der Waals surface area (Å²) in [5.41, 5.74) is 0. The largest absolute Gasteiger partial charge is 0.472 e. The molecule has 89 heavy (non-hydrogen) atoms. The quantitative estimate of drug-likeness (QED) is 0.0146. The van der Waals surface area contributed by atoms with Crippen molar-refractivity contribution < 1.29 is 75.8 Å². The van der Waals surface area contributed by atoms with Gasteiger partial charge in [-0.3, -0.25) is 32.5 Å². The molecular formula is C71H120O16P2. The first-order chi connectivity index (χ1) is 43.2. The first kappa shape index (κ1) is 85.0. The summed E-state index contributed by atoms with van der Waals surface area (Å²) < 4.78 is 60.8. The van der Waals surface area contributed by atoms with Crippen molar-refractivity contribution in [2.45, 2.75) is 270 Å². The van der Waals surface area contributed by atoms with Crippen LogP contribution in [0.2, 0.25) is 0 Å². The molecule has 0 aromatic heterocycles. The molecule has 16 nitrogen and oxygen atoms in total. The highest BCUT2D eigenvalue weighted by Crippen LogP contribution is 2.45. The fourth-order valence-corrected chi connectivity index (χ4v) is 10.0. The summed E-state index contributed by atoms with van der Waals surface area (Å²) in [5.74, 6) is -1.64. The fraction of sp³-hybridized carbons (Fsp3) is 0.676. The smallest absolute Gasteiger partial charge is 0.463 e. The van der Waals surface area contributed by atoms with Crippen LogP contribution in [0.25, 0.3) is 0 Å². The normalized spacial score (nSPS) is 15.0. The summed E-state index contributed by atoms with van der Waals surface area (Å²) in [5, 5.41) is 20.5. The van der Waals surface area contributed by atoms with Gasteiger partial charge >= 0.3 is 33.6 Å². The van der Waals surface area contributed by atoms with Gasteiger partial charge < -0.3 is 34.2 Å². The summed E-state index contributed by atoms with van der Waals surface area (Å²) in [6, 6.07) is 0. The molecule has 5 atom stereocenters. The van der Waals surface area contributed by atoms with Gasteiger partial charge in [-0.15, -0.1) is 0 Å². The Morgan fingerprint density at radius 2 is 0.596 bits per heavy atom. The second-order valence-corrected chi connectivity index (χ2v) is 25.1. The first-order valence-corrected chi connectivity index (χ1v) is 36.8. The van der Waals surface area contributed by atoms with Crippen molar-refractivity contribution in [2.75, 3.05) is 39.6 Å². The Morgan fingerprint density at radius 1 is 0.326 bits per heavy atom. The maximum Gasteiger partial charge on any atom is 0.472 e. The third kappa shape index (κ3) is 65.3. The van der Waals surface area contributed by atoms with Crippen LogP contribution in [0.1, 0.15) is 252 Å². The Balaban J connectivity index is 4.75. The maximum atomic E-state index is 12.9. The van der Waals surface area contributed by atoms with E-state index in [4.69, 9.17) is 32.3 Å². The molecule has 0 saturated carbocycles. The third-order valence-electron chi connectivity index (χ3n) is 13.6. The van der Waals surface area contributed by atoms with Gasteiger partial charge in [-0.05, 0) is 135 Å². The molecule has 4 N–H and O–H groups in total. The SMILES string of the molecule is CC/C=C\C/C=C\C/C=C\C/C=C\C/C=C\CCCCCC(=O)OCC(O)COP(=O)(O)OCC(O)COP(=O)(O)OCC(COC(=O)CCCCCCCC/C=C\C/C=C\C/C=C\CCCCC)OC(=O)CCCCCCC/C=C\C/C=C\CCCCC. The zero-order chi connectivity index (χ0) is 65.3. The lowest BCUT2D eigenvalue weighted by molar-refractivity contribution is -0.161. The number of rotatable bonds is 63. The summed E-state index contributed by atoms with van der Waals surface area (Å²) in [4.78, 5) is 58.4. The molecule has 0 aliphatic heterocycles. The number of allylic oxidation sites excluding steroid dienone is 20. The lowest BCUT2D eigenvalue weighted by atomic mass is 10.1. The number of carbonyl (C=O) groups is 3. The van der Waals surface area contributed by atoms with E-state index in [0.717, 1.165) is 154 Å². The number of unbranched alkanes of at least 4 members (excludes halogenated alkanes) is 20. The highest BCUT2D eigenvalue weighted by Gasteiger charge is 2.29. The molecule has 0 aromatic rings. The monoisotopic (exact) mass is 1290 g/mol. The van der Waals surface area contributed by atoms with Gasteiger partial charge in [-0.25, -0.2) is 9.13 Å². The van der Waals surface area contributed by atoms with Crippen LogP contribution in [-0.4, -0.2) is 95.9 Å². The second kappa shape index (κ2) is 64.1. The van der Waals surface area contributed by atoms with Crippen LogP contribution >= 0.6 is 15.6 Å². The summed E-state index contributed by atoms with van der Waals surface area (Å²) in [7, 11) is -9.80. The molecule has 0 aliphatic carbocycles. The van der Waals surface area contributed by atoms with Crippen LogP contribution in [0.5, 0.6) is 0 Å². The van der Waals surface area contributed by atoms with E-state index in [9.17, 15) is 43.5 Å². The molecule has 0 rings (SSSR count). The van der Waals surface area contributed by atoms with Crippen molar-refractivity contribution >= 4 is 33.6 Å². The lowest BCUT2D eigenvalue weighted by Crippen LogP contribution is -2.30. The molecule has 510 valence electrons. The van der Waals surface area contributed by atoms with E-state index in [-0.39, 0.29) is 19.3 Å². The predicted molar refractivity (Wildman–Crippen MR) is 362 cm³/mol. The molecule has 5 unspecified atom stereocenters. The lowest BCUT2D eigenvalue weighted by Gasteiger charge is -2.21. The Hall–Kier alpha value is -4.05. The van der Waals surface area contributed by atoms with Crippen molar-refractivity contribution in [3.8, 4) is 0 Å². The Bertz CT molecular complexity index is 2110. The number of hydrogen-bond acceptors (Lipinski definition) is 14. The topological polar surface area (TPSA) is 231 Å². The zero-order valence-corrected chi connectivity index (χ0v) is 56.8. The Kier molecular flexibility index (Phi) is 61.2. The van der Waals surface area contributed by atoms with Crippen molar-refractivity contribution in [1.29, 1.82) is 0 Å². The summed E-state index contributed by atoms with van der Waals surface area (Å²) >= 11 is 0. The fourth-order valence-electron chi connectivity index (χ4n) is 8.46. The van der Waals surface area contributed by atoms with Crippen LogP contribution in [0.4, 0.5) is 0 Å². The standard InChI is InChI=1S/C71H120O16P2/c1-4-7-10-13-16-19-22-25-28-30-32-34-37-39-42-45-48-51-54-57-69(74)81-60-66(72)61-83-88(77,78)84-62-67(73)63-85-89(79,80)86-65-68(87-71(76)59-56-53-50-47-44-41-36-27-24-21-18-15-12-9-6-3)64-82-70(75)58-55-52-49-46-43-40-38-35-33-31-29-26-23-20-17-14-11-8-5-2/h7,10,16-21,25-29,32-36,39,42,66-68,72-73H,4-6,8-9,11-15,22-24,30-31,37-38,40-41,43-65H2,1-3H3,(H,77,78)(H,79,80)/b10-7-,19-16-,20-17-,21-18-,28-25-,29-26-,34-32-,35-33-,36-27-,42-39-. The van der Waals surface area contributed by atoms with E-state index in [2.05, 4.69) is 142 Å². The number of aliphatic hydroxyl groups is 2. The maximum absolute atomic E-state index is 12.9. The molecular weight excluding hydrogens is 1170 g/mol. The minimum Gasteiger partial charge on any atom is -0.463 e. The van der Waals surface area contributed by atoms with Crippen molar-refractivity contribution in [3.05, 3.63) is 122 Å². The number of aliphatic hydroxyl groups excluding tert-OH is 2. The zero-order valence-electron chi connectivity index (χ0n) is 55.1. The highest BCUT2D eigenvalue weighted by molar-refractivity contribution is 7.47. The number of carbonyl (C=O) groups excluding carboxylic acids is 3. The molecule has 0 amide bonds. The van der Waals surface area contributed by atoms with Gasteiger partial charge in [0.25, 0.3) is 0 Å². The van der Waals surface area contributed by atoms with Crippen LogP contribution < -0.4 is 0 Å². The molecule has 0 bridgehead atoms. The molecule has 0 fully saturated rings. The van der Waals surface area contributed by atoms with E-state index in [0.29, 0.717) is 19.3 Å². The van der Waals surface area contributed by atoms with Crippen LogP contribution in [0.3, 0.4) is 0 Å². The highest BCUT2D eigenvalue weighted by atomic mass is 31.2. The van der Waals surface area contributed by atoms with Gasteiger partial charge in [0.2, 0.25) is 0 Å². The number of phosphoric ester groups is 2. The Labute approximate surface area is 538 Å². The Morgan fingerprint density at radius 3 is 0.955 bits per heavy atom. The average molecular weight is 1290 g/mol. The molecule has 18 heteroatoms. The predicted octanol–water partition coefficient (Wildman–Crippen LogP) is 18.6. The van der Waals surface area contributed by atoms with Gasteiger partial charge in [0.05, 0.1) is 26.4 Å². The first-order valence-electron chi connectivity index (χ1n) is 33.8. The second-order valence-electron chi connectivity index (χ2n) is 22.2. The van der Waals surface area contributed by atoms with Crippen LogP contribution in [-0.2, 0) is 55.8 Å². The number of phosphoric acid groups is 2. The van der Waals surface area contributed by atoms with Crippen molar-refractivity contribution in [3.63, 3.8) is 0 Å². The van der Waals surface area contributed by atoms with E-state index < -0.39 is 91.5 Å². The van der Waals surface area contributed by atoms with Crippen LogP contribution in [0.15, 0.2) is 122 Å². The molecule has 0 spiro atoms. The average Bonchev–Trinajstić information content (AvgIpc) is 3.54. The van der Waals surface area contributed by atoms with Crippen molar-refractivity contribution in [1.82, 2.24) is 0 Å². The van der Waals surface area contributed by atoms with E-state index in [1.165, 1.54) is 38.5 Å². The van der Waals surface area contributed by atoms with Crippen LogP contribution in [0, 0.1) is 0 Å². The summed E-state index contributed by atoms with van der Waals surface area (Å²) in [6.45, 7) is 2.41. The van der Waals surface area contributed by atoms with Gasteiger partial charge in [0, 0.05) is 19.3 Å². The van der Waals surface area contributed by atoms with Crippen molar-refractivity contribution in [2.24, 2.45) is 0 Å². The third-order valence-corrected chi connectivity index (χ3v) is 15.5. The minimum absolute atomic E-state index is 0.0819. The van der Waals surface area contributed by atoms with Gasteiger partial charge in [0.1, 0.15) is 25.4 Å². The number of esters is 3. The number of ether oxygens (including phenoxy) is 3. The number of hydrogen-bond donors (Lipinski definition) is 4. The minimum atomic E-state index is -4.94. The molecule has 0 aromatic carbocycles. The van der Waals surface area contributed by atoms with E-state index in [1.54, 1.807) is 0 Å². The van der Waals surface area contributed by atoms with Gasteiger partial charge in [-0.1, -0.05) is 219 Å². The van der Waals surface area contributed by atoms with Gasteiger partial charge in [-0.2, -0.15) is 0 Å². The van der Waals surface area contributed by atoms with Gasteiger partial charge in [0.15, 0.2) is 6.10 Å². The molecule has 0 aliphatic rings. The molecule has 0 saturated heterocycles. The summed E-state index contributed by atoms with van der Waals surface area (Å²) in [6.07, 6.45) is 72.4. The molecule has 0 heterocycles. The van der Waals surface area contributed by atoms with E-state index >= 15 is 0 Å².